The number of urea groups is 1. The number of hydroxylamine groups is 1. The highest BCUT2D eigenvalue weighted by atomic mass is 16.5. The van der Waals surface area contributed by atoms with Crippen LogP contribution in [0.2, 0.25) is 0 Å². The third kappa shape index (κ3) is 7.19. The number of hydrogen-bond acceptors (Lipinski definition) is 4. The van der Waals surface area contributed by atoms with Crippen molar-refractivity contribution in [3.05, 3.63) is 0 Å². The first-order valence-electron chi connectivity index (χ1n) is 9.52. The van der Waals surface area contributed by atoms with E-state index in [-0.39, 0.29) is 18.5 Å². The van der Waals surface area contributed by atoms with E-state index in [1.807, 2.05) is 13.8 Å². The van der Waals surface area contributed by atoms with Crippen molar-refractivity contribution < 1.29 is 19.6 Å². The van der Waals surface area contributed by atoms with Gasteiger partial charge in [-0.1, -0.05) is 27.7 Å². The van der Waals surface area contributed by atoms with E-state index in [0.717, 1.165) is 19.3 Å². The van der Waals surface area contributed by atoms with Crippen molar-refractivity contribution in [1.29, 1.82) is 0 Å². The van der Waals surface area contributed by atoms with E-state index in [2.05, 4.69) is 19.2 Å². The minimum Gasteiger partial charge on any atom is -0.354 e. The van der Waals surface area contributed by atoms with Gasteiger partial charge in [-0.15, -0.1) is 0 Å². The number of nitrogens with zero attached hydrogens (tertiary/aromatic N) is 2. The monoisotopic (exact) mass is 370 g/mol. The van der Waals surface area contributed by atoms with E-state index in [9.17, 15) is 14.4 Å². The second-order valence-electron chi connectivity index (χ2n) is 7.75. The minimum atomic E-state index is -0.640. The summed E-state index contributed by atoms with van der Waals surface area (Å²) in [6, 6.07) is -0.816. The van der Waals surface area contributed by atoms with Gasteiger partial charge in [-0.05, 0) is 37.5 Å². The molecule has 0 aliphatic carbocycles. The molecule has 0 bridgehead atoms. The molecule has 8 heteroatoms. The van der Waals surface area contributed by atoms with Crippen molar-refractivity contribution in [3.8, 4) is 0 Å². The Bertz CT molecular complexity index is 482. The maximum Gasteiger partial charge on any atom is 0.321 e. The zero-order valence-electron chi connectivity index (χ0n) is 16.5. The second-order valence-corrected chi connectivity index (χ2v) is 7.75. The van der Waals surface area contributed by atoms with Crippen LogP contribution in [0, 0.1) is 11.8 Å². The molecule has 1 heterocycles. The van der Waals surface area contributed by atoms with Crippen LogP contribution < -0.4 is 10.8 Å². The molecule has 26 heavy (non-hydrogen) atoms. The Morgan fingerprint density at radius 1 is 1.15 bits per heavy atom. The van der Waals surface area contributed by atoms with Gasteiger partial charge in [0.1, 0.15) is 12.6 Å². The van der Waals surface area contributed by atoms with Gasteiger partial charge in [-0.2, -0.15) is 0 Å². The highest BCUT2D eigenvalue weighted by molar-refractivity contribution is 5.89. The van der Waals surface area contributed by atoms with Crippen LogP contribution in [0.15, 0.2) is 0 Å². The zero-order valence-corrected chi connectivity index (χ0v) is 16.5. The largest absolute Gasteiger partial charge is 0.354 e. The summed E-state index contributed by atoms with van der Waals surface area (Å²) in [7, 11) is 0. The van der Waals surface area contributed by atoms with Crippen LogP contribution in [-0.4, -0.2) is 65.1 Å². The first kappa shape index (κ1) is 22.2. The van der Waals surface area contributed by atoms with Crippen LogP contribution in [0.25, 0.3) is 0 Å². The van der Waals surface area contributed by atoms with E-state index < -0.39 is 11.9 Å². The maximum atomic E-state index is 12.9. The summed E-state index contributed by atoms with van der Waals surface area (Å²) in [6.07, 6.45) is 3.02. The van der Waals surface area contributed by atoms with Crippen LogP contribution in [0.5, 0.6) is 0 Å². The number of carbonyl (C=O) groups is 3. The third-order valence-corrected chi connectivity index (χ3v) is 4.53. The molecule has 1 atom stereocenters. The summed E-state index contributed by atoms with van der Waals surface area (Å²) < 4.78 is 0. The first-order valence-corrected chi connectivity index (χ1v) is 9.52. The van der Waals surface area contributed by atoms with Crippen molar-refractivity contribution >= 4 is 17.8 Å². The molecule has 0 aromatic rings. The number of likely N-dealkylation sites (tertiary alicyclic amines) is 1. The Morgan fingerprint density at radius 2 is 1.81 bits per heavy atom. The molecule has 8 nitrogen and oxygen atoms in total. The summed E-state index contributed by atoms with van der Waals surface area (Å²) in [5, 5.41) is 11.7. The van der Waals surface area contributed by atoms with E-state index in [1.54, 1.807) is 10.4 Å². The predicted octanol–water partition coefficient (Wildman–Crippen LogP) is 1.59. The number of rotatable bonds is 9. The number of carbonyl (C=O) groups excluding carboxylic acids is 3. The summed E-state index contributed by atoms with van der Waals surface area (Å²) >= 11 is 0. The molecule has 0 radical (unpaired) electrons. The Hall–Kier alpha value is -1.83. The fourth-order valence-corrected chi connectivity index (χ4v) is 2.92. The average Bonchev–Trinajstić information content (AvgIpc) is 3.06. The Kier molecular flexibility index (Phi) is 9.40. The van der Waals surface area contributed by atoms with Crippen molar-refractivity contribution in [2.45, 2.75) is 59.4 Å². The van der Waals surface area contributed by atoms with Crippen molar-refractivity contribution in [3.63, 3.8) is 0 Å². The smallest absolute Gasteiger partial charge is 0.321 e. The fourth-order valence-electron chi connectivity index (χ4n) is 2.92. The molecule has 150 valence electrons. The molecule has 1 aliphatic rings. The Morgan fingerprint density at radius 3 is 2.38 bits per heavy atom. The molecule has 0 spiro atoms. The van der Waals surface area contributed by atoms with Crippen LogP contribution in [0.3, 0.4) is 0 Å². The predicted molar refractivity (Wildman–Crippen MR) is 98.5 cm³/mol. The number of nitrogens with one attached hydrogen (secondary N) is 2. The highest BCUT2D eigenvalue weighted by Crippen LogP contribution is 2.20. The van der Waals surface area contributed by atoms with Gasteiger partial charge in [0.15, 0.2) is 0 Å². The lowest BCUT2D eigenvalue weighted by Gasteiger charge is -2.31. The average molecular weight is 370 g/mol. The summed E-state index contributed by atoms with van der Waals surface area (Å²) in [5.41, 5.74) is 1.57. The number of amides is 4. The van der Waals surface area contributed by atoms with Crippen LogP contribution in [0.4, 0.5) is 4.79 Å². The van der Waals surface area contributed by atoms with E-state index in [1.165, 1.54) is 4.90 Å². The van der Waals surface area contributed by atoms with Gasteiger partial charge >= 0.3 is 6.03 Å². The standard InChI is InChI=1S/C18H34N4O4/c1-13(2)7-9-19-17(24)15-6-5-10-22(15)18(25)21(11-8-14(3)4)12-16(23)20-26/h13-15,26H,5-12H2,1-4H3,(H,19,24)(H,20,23). The molecule has 1 saturated heterocycles. The van der Waals surface area contributed by atoms with E-state index >= 15 is 0 Å². The lowest BCUT2D eigenvalue weighted by molar-refractivity contribution is -0.130. The number of hydrogen-bond donors (Lipinski definition) is 3. The van der Waals surface area contributed by atoms with Crippen LogP contribution in [-0.2, 0) is 9.59 Å². The molecule has 1 aliphatic heterocycles. The Labute approximate surface area is 156 Å². The lowest BCUT2D eigenvalue weighted by atomic mass is 10.1. The van der Waals surface area contributed by atoms with Crippen molar-refractivity contribution in [1.82, 2.24) is 20.6 Å². The van der Waals surface area contributed by atoms with Crippen molar-refractivity contribution in [2.24, 2.45) is 11.8 Å². The van der Waals surface area contributed by atoms with Gasteiger partial charge in [-0.3, -0.25) is 14.8 Å². The molecule has 0 aromatic heterocycles. The summed E-state index contributed by atoms with van der Waals surface area (Å²) in [6.45, 7) is 9.54. The van der Waals surface area contributed by atoms with Gasteiger partial charge in [0.05, 0.1) is 0 Å². The van der Waals surface area contributed by atoms with Crippen LogP contribution >= 0.6 is 0 Å². The second kappa shape index (κ2) is 11.0. The summed E-state index contributed by atoms with van der Waals surface area (Å²) in [5.74, 6) is 0.0995. The highest BCUT2D eigenvalue weighted by Gasteiger charge is 2.36. The van der Waals surface area contributed by atoms with Gasteiger partial charge in [0.2, 0.25) is 5.91 Å². The van der Waals surface area contributed by atoms with Crippen LogP contribution in [0.1, 0.15) is 53.4 Å². The Balaban J connectivity index is 2.73. The topological polar surface area (TPSA) is 102 Å². The molecule has 3 N–H and O–H groups in total. The third-order valence-electron chi connectivity index (χ3n) is 4.53. The molecule has 0 saturated carbocycles. The maximum absolute atomic E-state index is 12.9. The molecule has 0 aromatic carbocycles. The first-order chi connectivity index (χ1) is 12.3. The van der Waals surface area contributed by atoms with Gasteiger partial charge in [0, 0.05) is 19.6 Å². The van der Waals surface area contributed by atoms with Gasteiger partial charge in [0.25, 0.3) is 5.91 Å². The SMILES string of the molecule is CC(C)CCNC(=O)C1CCCN1C(=O)N(CCC(C)C)CC(=O)NO. The normalized spacial score (nSPS) is 16.9. The zero-order chi connectivity index (χ0) is 19.7. The molecule has 1 fully saturated rings. The van der Waals surface area contributed by atoms with Gasteiger partial charge in [-0.25, -0.2) is 10.3 Å². The molecular formula is C18H34N4O4. The summed E-state index contributed by atoms with van der Waals surface area (Å²) in [4.78, 5) is 39.9. The molecule has 4 amide bonds. The van der Waals surface area contributed by atoms with Crippen molar-refractivity contribution in [2.75, 3.05) is 26.2 Å². The van der Waals surface area contributed by atoms with Gasteiger partial charge < -0.3 is 15.1 Å². The molecule has 1 unspecified atom stereocenters. The van der Waals surface area contributed by atoms with E-state index in [0.29, 0.717) is 37.9 Å². The van der Waals surface area contributed by atoms with E-state index in [4.69, 9.17) is 5.21 Å². The minimum absolute atomic E-state index is 0.132. The lowest BCUT2D eigenvalue weighted by Crippen LogP contribution is -2.53. The molecular weight excluding hydrogens is 336 g/mol. The molecule has 1 rings (SSSR count). The fraction of sp³-hybridized carbons (Fsp3) is 0.833. The quantitative estimate of drug-likeness (QED) is 0.424.